The van der Waals surface area contributed by atoms with Crippen molar-refractivity contribution in [3.8, 4) is 0 Å². The van der Waals surface area contributed by atoms with E-state index in [1.165, 1.54) is 19.3 Å². The van der Waals surface area contributed by atoms with Gasteiger partial charge < -0.3 is 9.64 Å². The number of ether oxygens (including phenoxy) is 1. The quantitative estimate of drug-likeness (QED) is 0.654. The summed E-state index contributed by atoms with van der Waals surface area (Å²) in [6.45, 7) is 6.40. The van der Waals surface area contributed by atoms with Gasteiger partial charge in [0.2, 0.25) is 0 Å². The van der Waals surface area contributed by atoms with Crippen molar-refractivity contribution in [1.82, 2.24) is 4.90 Å². The molecule has 0 N–H and O–H groups in total. The second kappa shape index (κ2) is 3.97. The molecule has 0 aliphatic heterocycles. The van der Waals surface area contributed by atoms with Crippen molar-refractivity contribution in [2.45, 2.75) is 57.8 Å². The van der Waals surface area contributed by atoms with Crippen molar-refractivity contribution in [3.63, 3.8) is 0 Å². The fourth-order valence-corrected chi connectivity index (χ4v) is 1.99. The van der Waals surface area contributed by atoms with E-state index in [0.29, 0.717) is 6.10 Å². The summed E-state index contributed by atoms with van der Waals surface area (Å²) in [6, 6.07) is 0.729. The molecule has 0 radical (unpaired) electrons. The Bertz CT molecular complexity index is 160. The van der Waals surface area contributed by atoms with Crippen molar-refractivity contribution in [2.75, 3.05) is 14.1 Å². The molecule has 2 nitrogen and oxygen atoms in total. The van der Waals surface area contributed by atoms with E-state index in [2.05, 4.69) is 39.8 Å². The number of rotatable bonds is 2. The molecule has 78 valence electrons. The lowest BCUT2D eigenvalue weighted by molar-refractivity contribution is -0.0578. The summed E-state index contributed by atoms with van der Waals surface area (Å²) in [5, 5.41) is 0. The molecule has 0 aromatic heterocycles. The molecule has 0 heterocycles. The van der Waals surface area contributed by atoms with Crippen molar-refractivity contribution >= 4 is 0 Å². The summed E-state index contributed by atoms with van der Waals surface area (Å²) in [5.41, 5.74) is 0.0197. The van der Waals surface area contributed by atoms with Gasteiger partial charge in [0.05, 0.1) is 11.7 Å². The molecule has 0 aromatic rings. The Morgan fingerprint density at radius 1 is 1.15 bits per heavy atom. The molecule has 1 fully saturated rings. The molecule has 0 amide bonds. The molecule has 13 heavy (non-hydrogen) atoms. The van der Waals surface area contributed by atoms with Crippen LogP contribution < -0.4 is 0 Å². The maximum absolute atomic E-state index is 5.95. The molecule has 0 bridgehead atoms. The van der Waals surface area contributed by atoms with Gasteiger partial charge in [0.25, 0.3) is 0 Å². The van der Waals surface area contributed by atoms with Gasteiger partial charge in [-0.2, -0.15) is 0 Å². The minimum Gasteiger partial charge on any atom is -0.373 e. The van der Waals surface area contributed by atoms with Crippen LogP contribution in [0.5, 0.6) is 0 Å². The summed E-state index contributed by atoms with van der Waals surface area (Å²) in [6.07, 6.45) is 4.19. The molecule has 0 saturated heterocycles. The maximum Gasteiger partial charge on any atom is 0.0602 e. The van der Waals surface area contributed by atoms with Gasteiger partial charge in [0, 0.05) is 6.04 Å². The molecule has 0 aromatic carbocycles. The largest absolute Gasteiger partial charge is 0.373 e. The predicted molar refractivity (Wildman–Crippen MR) is 56.0 cm³/mol. The first-order valence-electron chi connectivity index (χ1n) is 5.23. The van der Waals surface area contributed by atoms with Gasteiger partial charge in [-0.3, -0.25) is 0 Å². The first kappa shape index (κ1) is 11.0. The molecule has 1 saturated carbocycles. The fraction of sp³-hybridized carbons (Fsp3) is 1.00. The Hall–Kier alpha value is -0.0800. The standard InChI is InChI=1S/C11H23NO/c1-11(2,3)13-10-7-6-9(8-10)12(4)5/h9-10H,6-8H2,1-5H3/t9-,10+/m1/s1. The Kier molecular flexibility index (Phi) is 3.36. The topological polar surface area (TPSA) is 12.5 Å². The number of hydrogen-bond acceptors (Lipinski definition) is 2. The summed E-state index contributed by atoms with van der Waals surface area (Å²) >= 11 is 0. The van der Waals surface area contributed by atoms with E-state index in [-0.39, 0.29) is 5.60 Å². The van der Waals surface area contributed by atoms with Crippen LogP contribution in [0.2, 0.25) is 0 Å². The van der Waals surface area contributed by atoms with Crippen molar-refractivity contribution in [2.24, 2.45) is 0 Å². The fourth-order valence-electron chi connectivity index (χ4n) is 1.99. The van der Waals surface area contributed by atoms with E-state index < -0.39 is 0 Å². The smallest absolute Gasteiger partial charge is 0.0602 e. The normalized spacial score (nSPS) is 30.0. The van der Waals surface area contributed by atoms with Gasteiger partial charge in [-0.1, -0.05) is 0 Å². The Morgan fingerprint density at radius 3 is 2.15 bits per heavy atom. The highest BCUT2D eigenvalue weighted by atomic mass is 16.5. The number of hydrogen-bond donors (Lipinski definition) is 0. The van der Waals surface area contributed by atoms with Gasteiger partial charge >= 0.3 is 0 Å². The van der Waals surface area contributed by atoms with Crippen LogP contribution in [0.1, 0.15) is 40.0 Å². The van der Waals surface area contributed by atoms with Gasteiger partial charge in [-0.25, -0.2) is 0 Å². The van der Waals surface area contributed by atoms with Gasteiger partial charge in [-0.15, -0.1) is 0 Å². The summed E-state index contributed by atoms with van der Waals surface area (Å²) in [7, 11) is 4.31. The number of nitrogens with zero attached hydrogens (tertiary/aromatic N) is 1. The van der Waals surface area contributed by atoms with Crippen LogP contribution in [0.25, 0.3) is 0 Å². The second-order valence-corrected chi connectivity index (χ2v) is 5.28. The highest BCUT2D eigenvalue weighted by molar-refractivity contribution is 4.82. The summed E-state index contributed by atoms with van der Waals surface area (Å²) in [4.78, 5) is 2.31. The third kappa shape index (κ3) is 3.65. The molecule has 2 atom stereocenters. The van der Waals surface area contributed by atoms with E-state index in [1.54, 1.807) is 0 Å². The van der Waals surface area contributed by atoms with Crippen LogP contribution in [0.3, 0.4) is 0 Å². The Morgan fingerprint density at radius 2 is 1.77 bits per heavy atom. The minimum atomic E-state index is 0.0197. The second-order valence-electron chi connectivity index (χ2n) is 5.28. The Labute approximate surface area is 82.3 Å². The third-order valence-corrected chi connectivity index (χ3v) is 2.61. The lowest BCUT2D eigenvalue weighted by Gasteiger charge is -2.25. The zero-order chi connectivity index (χ0) is 10.1. The average molecular weight is 185 g/mol. The third-order valence-electron chi connectivity index (χ3n) is 2.61. The first-order chi connectivity index (χ1) is 5.88. The first-order valence-corrected chi connectivity index (χ1v) is 5.23. The Balaban J connectivity index is 2.33. The van der Waals surface area contributed by atoms with Gasteiger partial charge in [0.15, 0.2) is 0 Å². The van der Waals surface area contributed by atoms with Crippen LogP contribution >= 0.6 is 0 Å². The zero-order valence-electron chi connectivity index (χ0n) is 9.63. The van der Waals surface area contributed by atoms with E-state index >= 15 is 0 Å². The van der Waals surface area contributed by atoms with Crippen LogP contribution in [0.15, 0.2) is 0 Å². The highest BCUT2D eigenvalue weighted by Gasteiger charge is 2.29. The van der Waals surface area contributed by atoms with Crippen LogP contribution in [0, 0.1) is 0 Å². The molecule has 2 heteroatoms. The minimum absolute atomic E-state index is 0.0197. The van der Waals surface area contributed by atoms with Crippen LogP contribution in [-0.2, 0) is 4.74 Å². The van der Waals surface area contributed by atoms with Crippen molar-refractivity contribution < 1.29 is 4.74 Å². The van der Waals surface area contributed by atoms with E-state index in [0.717, 1.165) is 6.04 Å². The van der Waals surface area contributed by atoms with Crippen molar-refractivity contribution in [3.05, 3.63) is 0 Å². The molecule has 1 rings (SSSR count). The molecule has 1 aliphatic carbocycles. The summed E-state index contributed by atoms with van der Waals surface area (Å²) < 4.78 is 5.95. The highest BCUT2D eigenvalue weighted by Crippen LogP contribution is 2.28. The van der Waals surface area contributed by atoms with Gasteiger partial charge in [0.1, 0.15) is 0 Å². The lowest BCUT2D eigenvalue weighted by Crippen LogP contribution is -2.29. The van der Waals surface area contributed by atoms with Crippen molar-refractivity contribution in [1.29, 1.82) is 0 Å². The molecular formula is C11H23NO. The van der Waals surface area contributed by atoms with Gasteiger partial charge in [-0.05, 0) is 54.1 Å². The molecule has 0 spiro atoms. The predicted octanol–water partition coefficient (Wildman–Crippen LogP) is 2.28. The van der Waals surface area contributed by atoms with Crippen LogP contribution in [-0.4, -0.2) is 36.7 Å². The summed E-state index contributed by atoms with van der Waals surface area (Å²) in [5.74, 6) is 0. The molecule has 0 unspecified atom stereocenters. The van der Waals surface area contributed by atoms with E-state index in [1.807, 2.05) is 0 Å². The molecule has 1 aliphatic rings. The molecular weight excluding hydrogens is 162 g/mol. The average Bonchev–Trinajstić information content (AvgIpc) is 2.31. The maximum atomic E-state index is 5.95. The zero-order valence-corrected chi connectivity index (χ0v) is 9.63. The van der Waals surface area contributed by atoms with E-state index in [4.69, 9.17) is 4.74 Å². The monoisotopic (exact) mass is 185 g/mol. The SMILES string of the molecule is CN(C)[C@@H]1CC[C@H](OC(C)(C)C)C1. The lowest BCUT2D eigenvalue weighted by atomic mass is 10.1. The van der Waals surface area contributed by atoms with E-state index in [9.17, 15) is 0 Å². The van der Waals surface area contributed by atoms with Crippen LogP contribution in [0.4, 0.5) is 0 Å².